The first-order chi connectivity index (χ1) is 41.1. The summed E-state index contributed by atoms with van der Waals surface area (Å²) < 4.78 is 24.5. The predicted octanol–water partition coefficient (Wildman–Crippen LogP) is 12.6. The molecule has 7 aromatic rings. The minimum absolute atomic E-state index is 0.106. The first kappa shape index (κ1) is 53.7. The number of benzene rings is 1. The number of aliphatic imine (C=N–C) groups is 4. The quantitative estimate of drug-likeness (QED) is 0.0635. The highest BCUT2D eigenvalue weighted by Crippen LogP contribution is 2.40. The predicted molar refractivity (Wildman–Crippen MR) is 327 cm³/mol. The highest BCUT2D eigenvalue weighted by molar-refractivity contribution is 6.40. The zero-order valence-electron chi connectivity index (χ0n) is 45.5. The second-order valence-corrected chi connectivity index (χ2v) is 21.6. The number of hydrogen-bond acceptors (Lipinski definition) is 12. The number of ether oxygens (including phenoxy) is 1. The third-order valence-corrected chi connectivity index (χ3v) is 16.3. The Hall–Kier alpha value is -9.64. The molecule has 12 heterocycles. The molecule has 1 atom stereocenters. The summed E-state index contributed by atoms with van der Waals surface area (Å²) in [5.74, 6) is 0.0495. The third-order valence-electron chi connectivity index (χ3n) is 15.6. The molecule has 414 valence electrons. The van der Waals surface area contributed by atoms with Crippen LogP contribution in [0, 0.1) is 5.82 Å². The van der Waals surface area contributed by atoms with Gasteiger partial charge in [-0.15, -0.1) is 0 Å². The SMILES string of the molecule is CC(Oc1cc(-c2cnn(C3CCN(C(=O)CCCC[n+]4ccc(C5=C6C=CC(=N6)C(c6ccncc6)=C6C=CC(=N6)C(c6ccncc6)=C6C=CC(=N6)C(c6ccncc6)=C6C=CC5=N6)cc4)CC3)c2)cnc1N)c1c(Cl)ccc(F)c1Cl. The van der Waals surface area contributed by atoms with Crippen LogP contribution in [0.2, 0.25) is 10.0 Å². The summed E-state index contributed by atoms with van der Waals surface area (Å²) in [5.41, 5.74) is 21.5. The molecule has 0 saturated carbocycles. The molecule has 0 radical (unpaired) electrons. The molecule has 15 nitrogen and oxygen atoms in total. The average Bonchev–Trinajstić information content (AvgIpc) is 4.56. The van der Waals surface area contributed by atoms with E-state index >= 15 is 0 Å². The minimum Gasteiger partial charge on any atom is -0.482 e. The molecule has 6 aliphatic heterocycles. The van der Waals surface area contributed by atoms with Crippen molar-refractivity contribution in [1.29, 1.82) is 0 Å². The van der Waals surface area contributed by atoms with Gasteiger partial charge in [0.25, 0.3) is 0 Å². The number of nitrogens with two attached hydrogens (primary N) is 1. The molecule has 0 spiro atoms. The number of carbonyl (C=O) groups excluding carboxylic acids is 1. The number of aryl methyl sites for hydroxylation is 1. The minimum atomic E-state index is -0.707. The van der Waals surface area contributed by atoms with Crippen molar-refractivity contribution in [2.24, 2.45) is 20.0 Å². The van der Waals surface area contributed by atoms with E-state index in [-0.39, 0.29) is 27.8 Å². The van der Waals surface area contributed by atoms with Crippen LogP contribution in [-0.2, 0) is 11.3 Å². The van der Waals surface area contributed by atoms with Crippen LogP contribution in [0.5, 0.6) is 5.75 Å². The summed E-state index contributed by atoms with van der Waals surface area (Å²) in [4.78, 5) is 54.4. The van der Waals surface area contributed by atoms with Crippen molar-refractivity contribution in [3.63, 3.8) is 0 Å². The van der Waals surface area contributed by atoms with E-state index in [1.54, 1.807) is 62.6 Å². The summed E-state index contributed by atoms with van der Waals surface area (Å²) in [5, 5.41) is 4.87. The van der Waals surface area contributed by atoms with E-state index in [2.05, 4.69) is 73.3 Å². The molecule has 0 aliphatic carbocycles. The fourth-order valence-corrected chi connectivity index (χ4v) is 11.9. The van der Waals surface area contributed by atoms with E-state index < -0.39 is 11.9 Å². The molecule has 84 heavy (non-hydrogen) atoms. The van der Waals surface area contributed by atoms with Crippen molar-refractivity contribution >= 4 is 80.1 Å². The lowest BCUT2D eigenvalue weighted by molar-refractivity contribution is -0.697. The normalized spacial score (nSPS) is 16.9. The van der Waals surface area contributed by atoms with Crippen LogP contribution in [0.15, 0.2) is 226 Å². The van der Waals surface area contributed by atoms with Gasteiger partial charge >= 0.3 is 0 Å². The van der Waals surface area contributed by atoms with Crippen molar-refractivity contribution in [2.75, 3.05) is 18.8 Å². The van der Waals surface area contributed by atoms with Crippen LogP contribution < -0.4 is 15.0 Å². The standard InChI is InChI=1S/C66H53Cl2FN13O2/c1-40(60-48(67)5-6-49(69)65(60)68)84-58-36-45(37-74-66(58)70)46-38-75-82(39-46)47-23-34-81(35-24-47)59(83)4-2-3-31-80-32-21-44(22-33-80)64-56-13-11-54(78-56)62(42-17-27-72-28-18-42)52-9-7-50(76-52)61(41-15-25-71-26-16-41)51-8-10-53(77-51)63(43-19-29-73-30-20-43)55-12-14-57(64)79-55/h5-22,25-30,32-33,36-40,47H,2-4,23-24,31,34-35H2,1H3,(H2,70,74)/q+1. The number of aromatic nitrogens is 7. The molecule has 6 aliphatic rings. The summed E-state index contributed by atoms with van der Waals surface area (Å²) in [6.45, 7) is 3.75. The van der Waals surface area contributed by atoms with Gasteiger partial charge in [0.15, 0.2) is 24.0 Å². The van der Waals surface area contributed by atoms with Gasteiger partial charge < -0.3 is 15.4 Å². The summed E-state index contributed by atoms with van der Waals surface area (Å²) >= 11 is 12.6. The molecule has 1 amide bonds. The number of fused-ring (bicyclic) bond motifs is 4. The third kappa shape index (κ3) is 10.8. The molecule has 1 unspecified atom stereocenters. The Kier molecular flexibility index (Phi) is 14.9. The average molecular weight is 1150 g/mol. The number of amides is 1. The number of piperidine rings is 1. The van der Waals surface area contributed by atoms with Crippen molar-refractivity contribution in [3.8, 4) is 16.9 Å². The van der Waals surface area contributed by atoms with Gasteiger partial charge in [-0.1, -0.05) is 23.2 Å². The number of pyridine rings is 5. The summed E-state index contributed by atoms with van der Waals surface area (Å²) in [6, 6.07) is 20.7. The molecular weight excluding hydrogens is 1100 g/mol. The number of carbonyl (C=O) groups is 1. The molecule has 18 heteroatoms. The Morgan fingerprint density at radius 1 is 0.643 bits per heavy atom. The lowest BCUT2D eigenvalue weighted by Crippen LogP contribution is -2.39. The van der Waals surface area contributed by atoms with Gasteiger partial charge in [-0.3, -0.25) is 24.4 Å². The Balaban J connectivity index is 0.700. The maximum Gasteiger partial charge on any atom is 0.222 e. The van der Waals surface area contributed by atoms with Crippen LogP contribution in [0.1, 0.15) is 79.0 Å². The Labute approximate surface area is 494 Å². The van der Waals surface area contributed by atoms with Gasteiger partial charge in [0, 0.05) is 132 Å². The highest BCUT2D eigenvalue weighted by Gasteiger charge is 2.30. The van der Waals surface area contributed by atoms with Crippen molar-refractivity contribution < 1.29 is 18.5 Å². The number of allylic oxidation sites excluding steroid dienone is 12. The number of hydrogen-bond donors (Lipinski definition) is 1. The van der Waals surface area contributed by atoms with Crippen LogP contribution in [-0.4, -0.2) is 76.5 Å². The Bertz CT molecular complexity index is 4150. The van der Waals surface area contributed by atoms with E-state index in [0.717, 1.165) is 134 Å². The van der Waals surface area contributed by atoms with Gasteiger partial charge in [-0.2, -0.15) is 5.10 Å². The number of nitrogen functional groups attached to an aromatic ring is 1. The van der Waals surface area contributed by atoms with Gasteiger partial charge in [-0.05, 0) is 152 Å². The van der Waals surface area contributed by atoms with Crippen LogP contribution in [0.4, 0.5) is 10.2 Å². The van der Waals surface area contributed by atoms with E-state index in [0.29, 0.717) is 30.8 Å². The first-order valence-corrected chi connectivity index (χ1v) is 28.5. The molecule has 1 saturated heterocycles. The lowest BCUT2D eigenvalue weighted by Gasteiger charge is -2.32. The Morgan fingerprint density at radius 2 is 1.13 bits per heavy atom. The molecule has 13 rings (SSSR count). The van der Waals surface area contributed by atoms with Crippen LogP contribution in [0.25, 0.3) is 33.4 Å². The fourth-order valence-electron chi connectivity index (χ4n) is 11.3. The number of rotatable bonds is 14. The molecule has 2 N–H and O–H groups in total. The van der Waals surface area contributed by atoms with E-state index in [9.17, 15) is 9.18 Å². The zero-order valence-corrected chi connectivity index (χ0v) is 47.0. The highest BCUT2D eigenvalue weighted by atomic mass is 35.5. The molecule has 8 bridgehead atoms. The number of anilines is 1. The van der Waals surface area contributed by atoms with E-state index in [1.165, 1.54) is 12.1 Å². The van der Waals surface area contributed by atoms with Gasteiger partial charge in [-0.25, -0.2) is 33.9 Å². The zero-order chi connectivity index (χ0) is 57.3. The number of halogens is 3. The first-order valence-electron chi connectivity index (χ1n) is 27.7. The second kappa shape index (κ2) is 23.3. The van der Waals surface area contributed by atoms with Crippen molar-refractivity contribution in [3.05, 3.63) is 250 Å². The van der Waals surface area contributed by atoms with E-state index in [1.807, 2.05) is 76.5 Å². The molecule has 1 aromatic carbocycles. The molecular formula is C66H53Cl2FN13O2+. The van der Waals surface area contributed by atoms with Gasteiger partial charge in [0.1, 0.15) is 18.5 Å². The summed E-state index contributed by atoms with van der Waals surface area (Å²) in [7, 11) is 0. The number of nitrogens with zero attached hydrogens (tertiary/aromatic N) is 12. The molecule has 6 aromatic heterocycles. The topological polar surface area (TPSA) is 178 Å². The lowest BCUT2D eigenvalue weighted by atomic mass is 9.99. The maximum atomic E-state index is 14.3. The Morgan fingerprint density at radius 3 is 1.63 bits per heavy atom. The van der Waals surface area contributed by atoms with Crippen LogP contribution >= 0.6 is 23.2 Å². The van der Waals surface area contributed by atoms with Crippen LogP contribution in [0.3, 0.4) is 0 Å². The summed E-state index contributed by atoms with van der Waals surface area (Å²) in [6.07, 6.45) is 39.6. The van der Waals surface area contributed by atoms with Crippen molar-refractivity contribution in [2.45, 2.75) is 57.7 Å². The second-order valence-electron chi connectivity index (χ2n) is 20.8. The smallest absolute Gasteiger partial charge is 0.222 e. The fraction of sp³-hybridized carbons (Fsp3) is 0.167. The maximum absolute atomic E-state index is 14.3. The van der Waals surface area contributed by atoms with Crippen molar-refractivity contribution in [1.82, 2.24) is 34.6 Å². The molecule has 1 fully saturated rings. The monoisotopic (exact) mass is 1150 g/mol. The van der Waals surface area contributed by atoms with E-state index in [4.69, 9.17) is 58.7 Å². The number of unbranched alkanes of at least 4 members (excludes halogenated alkanes) is 1. The van der Waals surface area contributed by atoms with Gasteiger partial charge in [0.05, 0.1) is 62.9 Å². The number of likely N-dealkylation sites (tertiary alicyclic amines) is 1. The largest absolute Gasteiger partial charge is 0.482 e. The van der Waals surface area contributed by atoms with Gasteiger partial charge in [0.2, 0.25) is 5.91 Å².